The number of benzene rings is 1. The maximum Gasteiger partial charge on any atom is 0.243 e. The quantitative estimate of drug-likeness (QED) is 0.876. The second kappa shape index (κ2) is 6.64. The third-order valence-electron chi connectivity index (χ3n) is 3.72. The maximum atomic E-state index is 12.7. The van der Waals surface area contributed by atoms with E-state index in [-0.39, 0.29) is 17.8 Å². The van der Waals surface area contributed by atoms with Crippen molar-refractivity contribution in [3.63, 3.8) is 0 Å². The molecule has 5 nitrogen and oxygen atoms in total. The fourth-order valence-electron chi connectivity index (χ4n) is 2.42. The molecule has 2 heterocycles. The van der Waals surface area contributed by atoms with Gasteiger partial charge in [-0.1, -0.05) is 20.8 Å². The van der Waals surface area contributed by atoms with Gasteiger partial charge in [0.05, 0.1) is 20.1 Å². The van der Waals surface area contributed by atoms with Gasteiger partial charge in [-0.15, -0.1) is 23.7 Å². The SMILES string of the molecule is CC(C)(C)c1nc2ccc(S(=O)(=O)N3CCNCC3)cc2s1.Cl. The molecule has 0 atom stereocenters. The monoisotopic (exact) mass is 375 g/mol. The van der Waals surface area contributed by atoms with Crippen molar-refractivity contribution in [3.05, 3.63) is 23.2 Å². The lowest BCUT2D eigenvalue weighted by Crippen LogP contribution is -2.46. The zero-order chi connectivity index (χ0) is 16.0. The molecule has 0 saturated carbocycles. The van der Waals surface area contributed by atoms with Crippen LogP contribution in [0.5, 0.6) is 0 Å². The molecule has 1 aliphatic heterocycles. The molecule has 128 valence electrons. The summed E-state index contributed by atoms with van der Waals surface area (Å²) in [5.74, 6) is 0. The molecule has 1 aromatic carbocycles. The lowest BCUT2D eigenvalue weighted by molar-refractivity contribution is 0.360. The van der Waals surface area contributed by atoms with Crippen LogP contribution >= 0.6 is 23.7 Å². The third-order valence-corrected chi connectivity index (χ3v) is 7.05. The molecule has 8 heteroatoms. The molecule has 2 aromatic rings. The van der Waals surface area contributed by atoms with Crippen molar-refractivity contribution in [2.45, 2.75) is 31.1 Å². The largest absolute Gasteiger partial charge is 0.314 e. The highest BCUT2D eigenvalue weighted by Crippen LogP contribution is 2.32. The summed E-state index contributed by atoms with van der Waals surface area (Å²) in [5.41, 5.74) is 0.843. The zero-order valence-electron chi connectivity index (χ0n) is 13.5. The second-order valence-corrected chi connectivity index (χ2v) is 9.52. The molecule has 1 saturated heterocycles. The summed E-state index contributed by atoms with van der Waals surface area (Å²) in [6.07, 6.45) is 0. The number of nitrogens with one attached hydrogen (secondary N) is 1. The topological polar surface area (TPSA) is 62.3 Å². The summed E-state index contributed by atoms with van der Waals surface area (Å²) in [6.45, 7) is 8.80. The number of rotatable bonds is 2. The standard InChI is InChI=1S/C15H21N3O2S2.ClH/c1-15(2,3)14-17-12-5-4-11(10-13(12)21-14)22(19,20)18-8-6-16-7-9-18;/h4-5,10,16H,6-9H2,1-3H3;1H. The number of piperazine rings is 1. The summed E-state index contributed by atoms with van der Waals surface area (Å²) in [6, 6.07) is 5.25. The van der Waals surface area contributed by atoms with Gasteiger partial charge in [-0.25, -0.2) is 13.4 Å². The van der Waals surface area contributed by atoms with Crippen molar-refractivity contribution in [1.29, 1.82) is 0 Å². The third kappa shape index (κ3) is 3.69. The van der Waals surface area contributed by atoms with Crippen LogP contribution in [-0.2, 0) is 15.4 Å². The molecule has 1 aromatic heterocycles. The van der Waals surface area contributed by atoms with E-state index >= 15 is 0 Å². The highest BCUT2D eigenvalue weighted by molar-refractivity contribution is 7.89. The van der Waals surface area contributed by atoms with Crippen molar-refractivity contribution in [2.24, 2.45) is 0 Å². The lowest BCUT2D eigenvalue weighted by atomic mass is 9.98. The average molecular weight is 376 g/mol. The van der Waals surface area contributed by atoms with Crippen LogP contribution in [-0.4, -0.2) is 43.9 Å². The predicted octanol–water partition coefficient (Wildman–Crippen LogP) is 2.61. The zero-order valence-corrected chi connectivity index (χ0v) is 15.9. The molecule has 1 fully saturated rings. The molecule has 0 unspecified atom stereocenters. The Kier molecular flexibility index (Phi) is 5.37. The van der Waals surface area contributed by atoms with E-state index < -0.39 is 10.0 Å². The van der Waals surface area contributed by atoms with Gasteiger partial charge in [-0.05, 0) is 18.2 Å². The van der Waals surface area contributed by atoms with Crippen molar-refractivity contribution in [3.8, 4) is 0 Å². The molecule has 1 N–H and O–H groups in total. The Morgan fingerprint density at radius 3 is 2.48 bits per heavy atom. The van der Waals surface area contributed by atoms with Gasteiger partial charge >= 0.3 is 0 Å². The molecule has 0 radical (unpaired) electrons. The smallest absolute Gasteiger partial charge is 0.243 e. The van der Waals surface area contributed by atoms with Gasteiger partial charge in [0.15, 0.2) is 0 Å². The highest BCUT2D eigenvalue weighted by Gasteiger charge is 2.27. The summed E-state index contributed by atoms with van der Waals surface area (Å²) < 4.78 is 27.9. The number of sulfonamides is 1. The summed E-state index contributed by atoms with van der Waals surface area (Å²) in [4.78, 5) is 4.99. The van der Waals surface area contributed by atoms with E-state index in [2.05, 4.69) is 31.1 Å². The lowest BCUT2D eigenvalue weighted by Gasteiger charge is -2.26. The molecule has 0 spiro atoms. The van der Waals surface area contributed by atoms with E-state index in [9.17, 15) is 8.42 Å². The first-order chi connectivity index (χ1) is 10.3. The number of nitrogens with zero attached hydrogens (tertiary/aromatic N) is 2. The molecule has 1 aliphatic rings. The van der Waals surface area contributed by atoms with Crippen LogP contribution in [0.25, 0.3) is 10.2 Å². The van der Waals surface area contributed by atoms with Crippen LogP contribution < -0.4 is 5.32 Å². The Morgan fingerprint density at radius 2 is 1.87 bits per heavy atom. The number of thiazole rings is 1. The van der Waals surface area contributed by atoms with E-state index in [4.69, 9.17) is 0 Å². The van der Waals surface area contributed by atoms with Gasteiger partial charge in [0, 0.05) is 31.6 Å². The summed E-state index contributed by atoms with van der Waals surface area (Å²) in [5, 5.41) is 4.20. The first-order valence-corrected chi connectivity index (χ1v) is 9.66. The summed E-state index contributed by atoms with van der Waals surface area (Å²) >= 11 is 1.57. The summed E-state index contributed by atoms with van der Waals surface area (Å²) in [7, 11) is -3.41. The van der Waals surface area contributed by atoms with Crippen LogP contribution in [0.2, 0.25) is 0 Å². The van der Waals surface area contributed by atoms with Gasteiger partial charge < -0.3 is 5.32 Å². The molecule has 23 heavy (non-hydrogen) atoms. The molecule has 0 aliphatic carbocycles. The molecule has 0 bridgehead atoms. The minimum absolute atomic E-state index is 0. The van der Waals surface area contributed by atoms with E-state index in [1.54, 1.807) is 27.8 Å². The predicted molar refractivity (Wildman–Crippen MR) is 97.2 cm³/mol. The van der Waals surface area contributed by atoms with Crippen molar-refractivity contribution >= 4 is 44.0 Å². The highest BCUT2D eigenvalue weighted by atomic mass is 35.5. The van der Waals surface area contributed by atoms with Gasteiger partial charge in [-0.3, -0.25) is 0 Å². The number of hydrogen-bond donors (Lipinski definition) is 1. The molecular weight excluding hydrogens is 354 g/mol. The Balaban J connectivity index is 0.00000192. The Bertz CT molecular complexity index is 791. The number of halogens is 1. The molecular formula is C15H22ClN3O2S2. The second-order valence-electron chi connectivity index (χ2n) is 6.55. The van der Waals surface area contributed by atoms with Crippen LogP contribution in [0, 0.1) is 0 Å². The van der Waals surface area contributed by atoms with Crippen LogP contribution in [0.3, 0.4) is 0 Å². The van der Waals surface area contributed by atoms with E-state index in [0.717, 1.165) is 15.2 Å². The van der Waals surface area contributed by atoms with E-state index in [0.29, 0.717) is 31.1 Å². The van der Waals surface area contributed by atoms with Gasteiger partial charge in [-0.2, -0.15) is 4.31 Å². The minimum Gasteiger partial charge on any atom is -0.314 e. The first kappa shape index (κ1) is 18.6. The Labute approximate surface area is 147 Å². The van der Waals surface area contributed by atoms with Crippen LogP contribution in [0.15, 0.2) is 23.1 Å². The number of hydrogen-bond acceptors (Lipinski definition) is 5. The first-order valence-electron chi connectivity index (χ1n) is 7.40. The Morgan fingerprint density at radius 1 is 1.22 bits per heavy atom. The molecule has 0 amide bonds. The average Bonchev–Trinajstić information content (AvgIpc) is 2.91. The number of aromatic nitrogens is 1. The van der Waals surface area contributed by atoms with E-state index in [1.807, 2.05) is 6.07 Å². The number of fused-ring (bicyclic) bond motifs is 1. The van der Waals surface area contributed by atoms with E-state index in [1.165, 1.54) is 0 Å². The maximum absolute atomic E-state index is 12.7. The van der Waals surface area contributed by atoms with Crippen LogP contribution in [0.4, 0.5) is 0 Å². The van der Waals surface area contributed by atoms with Crippen LogP contribution in [0.1, 0.15) is 25.8 Å². The van der Waals surface area contributed by atoms with Crippen molar-refractivity contribution < 1.29 is 8.42 Å². The Hall–Kier alpha value is -0.730. The van der Waals surface area contributed by atoms with Gasteiger partial charge in [0.2, 0.25) is 10.0 Å². The fraction of sp³-hybridized carbons (Fsp3) is 0.533. The van der Waals surface area contributed by atoms with Crippen molar-refractivity contribution in [1.82, 2.24) is 14.6 Å². The normalized spacial score (nSPS) is 17.2. The minimum atomic E-state index is -3.41. The molecule has 3 rings (SSSR count). The fourth-order valence-corrected chi connectivity index (χ4v) is 5.03. The van der Waals surface area contributed by atoms with Gasteiger partial charge in [0.25, 0.3) is 0 Å². The van der Waals surface area contributed by atoms with Crippen molar-refractivity contribution in [2.75, 3.05) is 26.2 Å². The van der Waals surface area contributed by atoms with Gasteiger partial charge in [0.1, 0.15) is 0 Å².